The monoisotopic (exact) mass is 308 g/mol. The van der Waals surface area contributed by atoms with Gasteiger partial charge in [-0.05, 0) is 29.8 Å². The molecule has 0 aliphatic carbocycles. The third kappa shape index (κ3) is 4.07. The molecule has 3 rings (SSSR count). The standard InChI is InChI=1S/C16H16N6O/c17-14-20-15(18)22-16(21-14)19-10-11-6-8-13(9-7-11)23-12-4-2-1-3-5-12/h1-9H,10H2,(H5,17,18,19,20,21,22). The van der Waals surface area contributed by atoms with Crippen molar-refractivity contribution in [3.63, 3.8) is 0 Å². The van der Waals surface area contributed by atoms with E-state index in [9.17, 15) is 0 Å². The van der Waals surface area contributed by atoms with Crippen molar-refractivity contribution in [3.05, 3.63) is 60.2 Å². The first-order valence-corrected chi connectivity index (χ1v) is 7.02. The predicted molar refractivity (Wildman–Crippen MR) is 88.9 cm³/mol. The fourth-order valence-electron chi connectivity index (χ4n) is 1.97. The number of nitrogen functional groups attached to an aromatic ring is 2. The van der Waals surface area contributed by atoms with Crippen LogP contribution in [-0.4, -0.2) is 15.0 Å². The highest BCUT2D eigenvalue weighted by molar-refractivity contribution is 5.39. The number of nitrogens with zero attached hydrogens (tertiary/aromatic N) is 3. The molecule has 0 saturated heterocycles. The normalized spacial score (nSPS) is 10.3. The summed E-state index contributed by atoms with van der Waals surface area (Å²) in [5.74, 6) is 2.10. The molecule has 7 nitrogen and oxygen atoms in total. The van der Waals surface area contributed by atoms with Crippen LogP contribution in [0.2, 0.25) is 0 Å². The number of aromatic nitrogens is 3. The van der Waals surface area contributed by atoms with E-state index in [1.54, 1.807) is 0 Å². The van der Waals surface area contributed by atoms with Crippen molar-refractivity contribution in [3.8, 4) is 11.5 Å². The van der Waals surface area contributed by atoms with Gasteiger partial charge >= 0.3 is 0 Å². The van der Waals surface area contributed by atoms with E-state index in [-0.39, 0.29) is 11.9 Å². The van der Waals surface area contributed by atoms with Gasteiger partial charge in [0.1, 0.15) is 11.5 Å². The van der Waals surface area contributed by atoms with Crippen LogP contribution in [0.4, 0.5) is 17.8 Å². The molecule has 5 N–H and O–H groups in total. The van der Waals surface area contributed by atoms with Gasteiger partial charge in [-0.1, -0.05) is 30.3 Å². The molecule has 0 saturated carbocycles. The van der Waals surface area contributed by atoms with Gasteiger partial charge in [-0.2, -0.15) is 15.0 Å². The van der Waals surface area contributed by atoms with Crippen molar-refractivity contribution in [2.45, 2.75) is 6.54 Å². The molecule has 116 valence electrons. The number of nitrogens with two attached hydrogens (primary N) is 2. The van der Waals surface area contributed by atoms with Gasteiger partial charge in [0.05, 0.1) is 0 Å². The zero-order valence-corrected chi connectivity index (χ0v) is 12.3. The Labute approximate surface area is 133 Å². The molecule has 0 amide bonds. The molecule has 3 aromatic rings. The molecule has 23 heavy (non-hydrogen) atoms. The largest absolute Gasteiger partial charge is 0.457 e. The van der Waals surface area contributed by atoms with E-state index in [1.807, 2.05) is 54.6 Å². The van der Waals surface area contributed by atoms with E-state index in [4.69, 9.17) is 16.2 Å². The molecule has 0 bridgehead atoms. The zero-order chi connectivity index (χ0) is 16.1. The Morgan fingerprint density at radius 1 is 0.783 bits per heavy atom. The van der Waals surface area contributed by atoms with Crippen molar-refractivity contribution in [2.24, 2.45) is 0 Å². The number of hydrogen-bond donors (Lipinski definition) is 3. The molecule has 0 aliphatic rings. The van der Waals surface area contributed by atoms with Crippen molar-refractivity contribution in [2.75, 3.05) is 16.8 Å². The van der Waals surface area contributed by atoms with E-state index in [1.165, 1.54) is 0 Å². The van der Waals surface area contributed by atoms with Crippen LogP contribution in [0.3, 0.4) is 0 Å². The van der Waals surface area contributed by atoms with Crippen LogP contribution in [-0.2, 0) is 6.54 Å². The number of para-hydroxylation sites is 1. The van der Waals surface area contributed by atoms with Crippen LogP contribution in [0.1, 0.15) is 5.56 Å². The summed E-state index contributed by atoms with van der Waals surface area (Å²) in [6, 6.07) is 17.3. The van der Waals surface area contributed by atoms with Gasteiger partial charge in [-0.25, -0.2) is 0 Å². The van der Waals surface area contributed by atoms with Gasteiger partial charge in [-0.3, -0.25) is 0 Å². The van der Waals surface area contributed by atoms with E-state index < -0.39 is 0 Å². The number of ether oxygens (including phenoxy) is 1. The predicted octanol–water partition coefficient (Wildman–Crippen LogP) is 2.44. The second-order valence-corrected chi connectivity index (χ2v) is 4.79. The first-order valence-electron chi connectivity index (χ1n) is 7.02. The number of anilines is 3. The molecule has 0 radical (unpaired) electrons. The molecule has 0 fully saturated rings. The van der Waals surface area contributed by atoms with Crippen LogP contribution >= 0.6 is 0 Å². The molecule has 1 heterocycles. The highest BCUT2D eigenvalue weighted by Gasteiger charge is 2.02. The smallest absolute Gasteiger partial charge is 0.229 e. The second-order valence-electron chi connectivity index (χ2n) is 4.79. The first kappa shape index (κ1) is 14.6. The van der Waals surface area contributed by atoms with Crippen molar-refractivity contribution in [1.29, 1.82) is 0 Å². The van der Waals surface area contributed by atoms with E-state index in [2.05, 4.69) is 20.3 Å². The molecule has 0 unspecified atom stereocenters. The van der Waals surface area contributed by atoms with Crippen LogP contribution in [0, 0.1) is 0 Å². The topological polar surface area (TPSA) is 112 Å². The SMILES string of the molecule is Nc1nc(N)nc(NCc2ccc(Oc3ccccc3)cc2)n1. The van der Waals surface area contributed by atoms with Gasteiger partial charge < -0.3 is 21.5 Å². The Balaban J connectivity index is 1.61. The fraction of sp³-hybridized carbons (Fsp3) is 0.0625. The van der Waals surface area contributed by atoms with Gasteiger partial charge in [0.15, 0.2) is 0 Å². The summed E-state index contributed by atoms with van der Waals surface area (Å²) in [6.07, 6.45) is 0. The lowest BCUT2D eigenvalue weighted by Crippen LogP contribution is -2.09. The third-order valence-corrected chi connectivity index (χ3v) is 3.02. The molecule has 2 aromatic carbocycles. The summed E-state index contributed by atoms with van der Waals surface area (Å²) in [7, 11) is 0. The van der Waals surface area contributed by atoms with Gasteiger partial charge in [0, 0.05) is 6.54 Å². The molecule has 1 aromatic heterocycles. The Morgan fingerprint density at radius 3 is 2.04 bits per heavy atom. The second kappa shape index (κ2) is 6.61. The third-order valence-electron chi connectivity index (χ3n) is 3.02. The quantitative estimate of drug-likeness (QED) is 0.663. The van der Waals surface area contributed by atoms with Crippen molar-refractivity contribution < 1.29 is 4.74 Å². The highest BCUT2D eigenvalue weighted by Crippen LogP contribution is 2.21. The summed E-state index contributed by atoms with van der Waals surface area (Å²) >= 11 is 0. The lowest BCUT2D eigenvalue weighted by Gasteiger charge is -2.08. The number of hydrogen-bond acceptors (Lipinski definition) is 7. The number of rotatable bonds is 5. The Morgan fingerprint density at radius 2 is 1.39 bits per heavy atom. The van der Waals surface area contributed by atoms with Gasteiger partial charge in [0.25, 0.3) is 0 Å². The van der Waals surface area contributed by atoms with Crippen LogP contribution in [0.5, 0.6) is 11.5 Å². The lowest BCUT2D eigenvalue weighted by molar-refractivity contribution is 0.482. The summed E-state index contributed by atoms with van der Waals surface area (Å²) in [5.41, 5.74) is 12.1. The van der Waals surface area contributed by atoms with E-state index in [0.29, 0.717) is 12.5 Å². The summed E-state index contributed by atoms with van der Waals surface area (Å²) in [6.45, 7) is 0.536. The average molecular weight is 308 g/mol. The molecule has 7 heteroatoms. The van der Waals surface area contributed by atoms with Crippen LogP contribution < -0.4 is 21.5 Å². The van der Waals surface area contributed by atoms with E-state index >= 15 is 0 Å². The summed E-state index contributed by atoms with van der Waals surface area (Å²) in [4.78, 5) is 11.6. The van der Waals surface area contributed by atoms with Crippen molar-refractivity contribution in [1.82, 2.24) is 15.0 Å². The minimum Gasteiger partial charge on any atom is -0.457 e. The van der Waals surface area contributed by atoms with Gasteiger partial charge in [-0.15, -0.1) is 0 Å². The van der Waals surface area contributed by atoms with E-state index in [0.717, 1.165) is 17.1 Å². The fourth-order valence-corrected chi connectivity index (χ4v) is 1.97. The highest BCUT2D eigenvalue weighted by atomic mass is 16.5. The molecule has 0 aliphatic heterocycles. The number of nitrogens with one attached hydrogen (secondary N) is 1. The minimum atomic E-state index is 0.0895. The van der Waals surface area contributed by atoms with Crippen LogP contribution in [0.15, 0.2) is 54.6 Å². The van der Waals surface area contributed by atoms with Gasteiger partial charge in [0.2, 0.25) is 17.8 Å². The summed E-state index contributed by atoms with van der Waals surface area (Å²) in [5, 5.41) is 3.05. The van der Waals surface area contributed by atoms with Crippen LogP contribution in [0.25, 0.3) is 0 Å². The molecular weight excluding hydrogens is 292 g/mol. The Hall–Kier alpha value is -3.35. The Bertz CT molecular complexity index is 756. The maximum Gasteiger partial charge on any atom is 0.229 e. The maximum atomic E-state index is 5.74. The zero-order valence-electron chi connectivity index (χ0n) is 12.3. The van der Waals surface area contributed by atoms with Crippen molar-refractivity contribution >= 4 is 17.8 Å². The minimum absolute atomic E-state index is 0.0895. The lowest BCUT2D eigenvalue weighted by atomic mass is 10.2. The average Bonchev–Trinajstić information content (AvgIpc) is 2.54. The molecular formula is C16H16N6O. The molecule has 0 spiro atoms. The number of benzene rings is 2. The summed E-state index contributed by atoms with van der Waals surface area (Å²) < 4.78 is 5.74. The molecule has 0 atom stereocenters. The maximum absolute atomic E-state index is 5.74. The first-order chi connectivity index (χ1) is 11.2. The Kier molecular flexibility index (Phi) is 4.19.